The summed E-state index contributed by atoms with van der Waals surface area (Å²) in [7, 11) is 0. The van der Waals surface area contributed by atoms with E-state index in [1.165, 1.54) is 0 Å². The SMILES string of the molecule is C=C(C)C[C@@H](C(=O)C(C)(C)C)[C@H](CCCC)C(N)=O. The normalized spacial score (nSPS) is 14.8. The van der Waals surface area contributed by atoms with Crippen molar-refractivity contribution < 1.29 is 9.59 Å². The number of Topliss-reactive ketones (excluding diaryl/α,β-unsaturated/α-hetero) is 1. The second kappa shape index (κ2) is 7.46. The number of primary amides is 1. The van der Waals surface area contributed by atoms with E-state index in [1.807, 2.05) is 27.7 Å². The van der Waals surface area contributed by atoms with Crippen molar-refractivity contribution in [2.75, 3.05) is 0 Å². The third-order valence-corrected chi connectivity index (χ3v) is 3.36. The van der Waals surface area contributed by atoms with Crippen LogP contribution in [0.2, 0.25) is 0 Å². The summed E-state index contributed by atoms with van der Waals surface area (Å²) in [6, 6.07) is 0. The molecule has 0 aromatic rings. The summed E-state index contributed by atoms with van der Waals surface area (Å²) in [5.74, 6) is -0.961. The molecule has 110 valence electrons. The third-order valence-electron chi connectivity index (χ3n) is 3.36. The monoisotopic (exact) mass is 267 g/mol. The van der Waals surface area contributed by atoms with Gasteiger partial charge in [0, 0.05) is 17.3 Å². The first kappa shape index (κ1) is 17.9. The Morgan fingerprint density at radius 1 is 1.21 bits per heavy atom. The summed E-state index contributed by atoms with van der Waals surface area (Å²) >= 11 is 0. The van der Waals surface area contributed by atoms with Crippen LogP contribution in [0.3, 0.4) is 0 Å². The molecule has 0 radical (unpaired) electrons. The molecule has 0 aliphatic carbocycles. The number of amides is 1. The lowest BCUT2D eigenvalue weighted by Crippen LogP contribution is -2.39. The minimum absolute atomic E-state index is 0.107. The maximum absolute atomic E-state index is 12.6. The molecule has 0 rings (SSSR count). The van der Waals surface area contributed by atoms with Gasteiger partial charge >= 0.3 is 0 Å². The van der Waals surface area contributed by atoms with Crippen molar-refractivity contribution in [1.29, 1.82) is 0 Å². The van der Waals surface area contributed by atoms with Gasteiger partial charge in [0.15, 0.2) is 0 Å². The van der Waals surface area contributed by atoms with Gasteiger partial charge < -0.3 is 5.73 Å². The van der Waals surface area contributed by atoms with E-state index >= 15 is 0 Å². The topological polar surface area (TPSA) is 60.2 Å². The smallest absolute Gasteiger partial charge is 0.221 e. The molecule has 19 heavy (non-hydrogen) atoms. The standard InChI is InChI=1S/C16H29NO2/c1-7-8-9-12(15(17)19)13(10-11(2)3)14(18)16(4,5)6/h12-13H,2,7-10H2,1,3-6H3,(H2,17,19)/t12-,13+/m0/s1. The molecule has 0 aromatic carbocycles. The van der Waals surface area contributed by atoms with Gasteiger partial charge in [-0.2, -0.15) is 0 Å². The summed E-state index contributed by atoms with van der Waals surface area (Å²) < 4.78 is 0. The van der Waals surface area contributed by atoms with Crippen LogP contribution in [0.4, 0.5) is 0 Å². The lowest BCUT2D eigenvalue weighted by molar-refractivity contribution is -0.137. The Kier molecular flexibility index (Phi) is 7.02. The van der Waals surface area contributed by atoms with E-state index in [9.17, 15) is 9.59 Å². The number of rotatable bonds is 8. The molecule has 0 aromatic heterocycles. The predicted molar refractivity (Wildman–Crippen MR) is 79.6 cm³/mol. The van der Waals surface area contributed by atoms with Gasteiger partial charge in [0.05, 0.1) is 0 Å². The molecule has 2 N–H and O–H groups in total. The molecule has 0 aliphatic heterocycles. The zero-order chi connectivity index (χ0) is 15.2. The van der Waals surface area contributed by atoms with Crippen molar-refractivity contribution in [2.24, 2.45) is 23.0 Å². The highest BCUT2D eigenvalue weighted by Gasteiger charge is 2.37. The maximum atomic E-state index is 12.6. The van der Waals surface area contributed by atoms with Crippen molar-refractivity contribution in [1.82, 2.24) is 0 Å². The van der Waals surface area contributed by atoms with Crippen LogP contribution in [0.1, 0.15) is 60.3 Å². The number of carbonyl (C=O) groups is 2. The van der Waals surface area contributed by atoms with Gasteiger partial charge in [-0.1, -0.05) is 46.1 Å². The van der Waals surface area contributed by atoms with Crippen LogP contribution in [0, 0.1) is 17.3 Å². The maximum Gasteiger partial charge on any atom is 0.221 e. The molecule has 0 fully saturated rings. The largest absolute Gasteiger partial charge is 0.369 e. The van der Waals surface area contributed by atoms with Gasteiger partial charge in [-0.25, -0.2) is 0 Å². The predicted octanol–water partition coefficient (Wildman–Crippen LogP) is 3.48. The summed E-state index contributed by atoms with van der Waals surface area (Å²) in [4.78, 5) is 24.3. The Morgan fingerprint density at radius 2 is 1.74 bits per heavy atom. The summed E-state index contributed by atoms with van der Waals surface area (Å²) in [5.41, 5.74) is 5.98. The van der Waals surface area contributed by atoms with Crippen molar-refractivity contribution in [3.63, 3.8) is 0 Å². The highest BCUT2D eigenvalue weighted by atomic mass is 16.1. The van der Waals surface area contributed by atoms with Crippen molar-refractivity contribution in [3.8, 4) is 0 Å². The van der Waals surface area contributed by atoms with Crippen LogP contribution in [-0.4, -0.2) is 11.7 Å². The quantitative estimate of drug-likeness (QED) is 0.684. The number of hydrogen-bond donors (Lipinski definition) is 1. The molecule has 3 nitrogen and oxygen atoms in total. The summed E-state index contributed by atoms with van der Waals surface area (Å²) in [5, 5.41) is 0. The highest BCUT2D eigenvalue weighted by Crippen LogP contribution is 2.32. The van der Waals surface area contributed by atoms with E-state index in [2.05, 4.69) is 13.5 Å². The molecule has 0 unspecified atom stereocenters. The third kappa shape index (κ3) is 6.04. The van der Waals surface area contributed by atoms with Gasteiger partial charge in [-0.15, -0.1) is 6.58 Å². The molecule has 0 aliphatic rings. The Bertz CT molecular complexity index is 339. The Morgan fingerprint density at radius 3 is 2.05 bits per heavy atom. The number of unbranched alkanes of at least 4 members (excludes halogenated alkanes) is 1. The van der Waals surface area contributed by atoms with Gasteiger partial charge in [-0.3, -0.25) is 9.59 Å². The second-order valence-corrected chi connectivity index (χ2v) is 6.53. The van der Waals surface area contributed by atoms with Gasteiger partial charge in [0.1, 0.15) is 5.78 Å². The lowest BCUT2D eigenvalue weighted by Gasteiger charge is -2.29. The van der Waals surface area contributed by atoms with Crippen LogP contribution in [0.15, 0.2) is 12.2 Å². The van der Waals surface area contributed by atoms with E-state index in [1.54, 1.807) is 0 Å². The Balaban J connectivity index is 5.23. The van der Waals surface area contributed by atoms with Gasteiger partial charge in [0.2, 0.25) is 5.91 Å². The molecular weight excluding hydrogens is 238 g/mol. The minimum atomic E-state index is -0.458. The zero-order valence-corrected chi connectivity index (χ0v) is 13.1. The van der Waals surface area contributed by atoms with Crippen LogP contribution < -0.4 is 5.73 Å². The van der Waals surface area contributed by atoms with Gasteiger partial charge in [0.25, 0.3) is 0 Å². The van der Waals surface area contributed by atoms with Crippen molar-refractivity contribution >= 4 is 11.7 Å². The first-order valence-corrected chi connectivity index (χ1v) is 7.09. The van der Waals surface area contributed by atoms with Crippen molar-refractivity contribution in [2.45, 2.75) is 60.3 Å². The Hall–Kier alpha value is -1.12. The highest BCUT2D eigenvalue weighted by molar-refractivity contribution is 5.91. The second-order valence-electron chi connectivity index (χ2n) is 6.53. The number of carbonyl (C=O) groups excluding carboxylic acids is 2. The molecule has 0 bridgehead atoms. The van der Waals surface area contributed by atoms with E-state index in [0.717, 1.165) is 18.4 Å². The molecule has 3 heteroatoms. The average molecular weight is 267 g/mol. The van der Waals surface area contributed by atoms with E-state index in [0.29, 0.717) is 12.8 Å². The van der Waals surface area contributed by atoms with E-state index in [-0.39, 0.29) is 23.5 Å². The zero-order valence-electron chi connectivity index (χ0n) is 13.1. The minimum Gasteiger partial charge on any atom is -0.369 e. The molecule has 0 spiro atoms. The first-order chi connectivity index (χ1) is 8.61. The van der Waals surface area contributed by atoms with Crippen molar-refractivity contribution in [3.05, 3.63) is 12.2 Å². The summed E-state index contributed by atoms with van der Waals surface area (Å²) in [6.45, 7) is 13.5. The number of allylic oxidation sites excluding steroid dienone is 1. The molecular formula is C16H29NO2. The van der Waals surface area contributed by atoms with Crippen LogP contribution in [0.25, 0.3) is 0 Å². The Labute approximate surface area is 117 Å². The lowest BCUT2D eigenvalue weighted by atomic mass is 9.73. The van der Waals surface area contributed by atoms with E-state index < -0.39 is 5.41 Å². The van der Waals surface area contributed by atoms with Crippen LogP contribution >= 0.6 is 0 Å². The number of ketones is 1. The molecule has 0 saturated heterocycles. The van der Waals surface area contributed by atoms with E-state index in [4.69, 9.17) is 5.73 Å². The average Bonchev–Trinajstić information content (AvgIpc) is 2.24. The molecule has 0 saturated carbocycles. The molecule has 2 atom stereocenters. The number of nitrogens with two attached hydrogens (primary N) is 1. The molecule has 1 amide bonds. The first-order valence-electron chi connectivity index (χ1n) is 7.09. The number of hydrogen-bond acceptors (Lipinski definition) is 2. The van der Waals surface area contributed by atoms with Crippen LogP contribution in [0.5, 0.6) is 0 Å². The summed E-state index contributed by atoms with van der Waals surface area (Å²) in [6.07, 6.45) is 3.14. The fraction of sp³-hybridized carbons (Fsp3) is 0.750. The fourth-order valence-electron chi connectivity index (χ4n) is 2.32. The van der Waals surface area contributed by atoms with Crippen LogP contribution in [-0.2, 0) is 9.59 Å². The van der Waals surface area contributed by atoms with Gasteiger partial charge in [-0.05, 0) is 19.8 Å². The fourth-order valence-corrected chi connectivity index (χ4v) is 2.32. The molecule has 0 heterocycles.